The van der Waals surface area contributed by atoms with Gasteiger partial charge < -0.3 is 10.1 Å². The molecular weight excluding hydrogens is 415 g/mol. The number of sulfonamides is 1. The molecule has 0 unspecified atom stereocenters. The number of hydrogen-bond donors (Lipinski definition) is 2. The van der Waals surface area contributed by atoms with Gasteiger partial charge in [-0.3, -0.25) is 0 Å². The van der Waals surface area contributed by atoms with Crippen LogP contribution in [0.1, 0.15) is 6.92 Å². The van der Waals surface area contributed by atoms with Gasteiger partial charge in [-0.05, 0) is 25.1 Å². The molecule has 140 valence electrons. The van der Waals surface area contributed by atoms with Gasteiger partial charge in [0, 0.05) is 0 Å². The van der Waals surface area contributed by atoms with Crippen LogP contribution in [0.15, 0.2) is 23.1 Å². The van der Waals surface area contributed by atoms with Crippen molar-refractivity contribution in [2.75, 3.05) is 18.1 Å². The minimum absolute atomic E-state index is 0.0461. The number of benzene rings is 1. The number of hydrogen-bond acceptors (Lipinski definition) is 6. The number of nitrogens with one attached hydrogen (secondary N) is 2. The molecule has 1 amide bonds. The first-order valence-electron chi connectivity index (χ1n) is 7.15. The number of carbonyl (C=O) groups is 1. The summed E-state index contributed by atoms with van der Waals surface area (Å²) in [5.41, 5.74) is 0. The maximum atomic E-state index is 12.5. The highest BCUT2D eigenvalue weighted by Gasteiger charge is 2.41. The molecule has 0 aliphatic carbocycles. The summed E-state index contributed by atoms with van der Waals surface area (Å²) >= 11 is 11.6. The Labute approximate surface area is 155 Å². The third-order valence-electron chi connectivity index (χ3n) is 3.44. The Morgan fingerprint density at radius 1 is 1.24 bits per heavy atom. The predicted octanol–water partition coefficient (Wildman–Crippen LogP) is 1.18. The second-order valence-electron chi connectivity index (χ2n) is 5.35. The third kappa shape index (κ3) is 5.20. The highest BCUT2D eigenvalue weighted by molar-refractivity contribution is 7.92. The summed E-state index contributed by atoms with van der Waals surface area (Å²) < 4.78 is 55.6. The van der Waals surface area contributed by atoms with E-state index in [1.54, 1.807) is 6.92 Å². The van der Waals surface area contributed by atoms with Gasteiger partial charge in [0.2, 0.25) is 10.0 Å². The van der Waals surface area contributed by atoms with Crippen molar-refractivity contribution in [3.8, 4) is 0 Å². The van der Waals surface area contributed by atoms with E-state index in [0.29, 0.717) is 0 Å². The minimum atomic E-state index is -4.06. The summed E-state index contributed by atoms with van der Waals surface area (Å²) in [4.78, 5) is 11.4. The zero-order valence-electron chi connectivity index (χ0n) is 13.0. The molecule has 1 aromatic rings. The number of halogens is 2. The number of amides is 1. The zero-order valence-corrected chi connectivity index (χ0v) is 16.2. The van der Waals surface area contributed by atoms with Crippen molar-refractivity contribution in [3.63, 3.8) is 0 Å². The van der Waals surface area contributed by atoms with Gasteiger partial charge in [-0.2, -0.15) is 0 Å². The fraction of sp³-hybridized carbons (Fsp3) is 0.462. The Bertz CT molecular complexity index is 873. The van der Waals surface area contributed by atoms with Gasteiger partial charge in [-0.1, -0.05) is 23.2 Å². The molecule has 1 fully saturated rings. The van der Waals surface area contributed by atoms with Gasteiger partial charge in [0.25, 0.3) is 0 Å². The monoisotopic (exact) mass is 430 g/mol. The molecule has 0 saturated carbocycles. The lowest BCUT2D eigenvalue weighted by Gasteiger charge is -2.20. The van der Waals surface area contributed by atoms with Crippen molar-refractivity contribution in [2.45, 2.75) is 23.9 Å². The molecule has 1 aromatic carbocycles. The van der Waals surface area contributed by atoms with Crippen LogP contribution in [0.25, 0.3) is 0 Å². The second-order valence-corrected chi connectivity index (χ2v) is 10.0. The van der Waals surface area contributed by atoms with Crippen molar-refractivity contribution in [1.29, 1.82) is 0 Å². The van der Waals surface area contributed by atoms with E-state index in [1.165, 1.54) is 12.1 Å². The first-order chi connectivity index (χ1) is 11.5. The largest absolute Gasteiger partial charge is 0.450 e. The van der Waals surface area contributed by atoms with Crippen LogP contribution >= 0.6 is 23.2 Å². The maximum absolute atomic E-state index is 12.5. The van der Waals surface area contributed by atoms with Gasteiger partial charge in [0.1, 0.15) is 0 Å². The minimum Gasteiger partial charge on any atom is -0.450 e. The third-order valence-corrected chi connectivity index (χ3v) is 7.40. The summed E-state index contributed by atoms with van der Waals surface area (Å²) in [5, 5.41) is 2.60. The number of alkyl carbamates (subject to hydrolysis) is 1. The Morgan fingerprint density at radius 2 is 1.88 bits per heavy atom. The molecule has 1 aliphatic rings. The summed E-state index contributed by atoms with van der Waals surface area (Å²) in [6.07, 6.45) is -0.816. The molecule has 8 nitrogen and oxygen atoms in total. The Balaban J connectivity index is 2.22. The van der Waals surface area contributed by atoms with E-state index in [2.05, 4.69) is 10.0 Å². The average Bonchev–Trinajstić information content (AvgIpc) is 2.75. The number of carbonyl (C=O) groups excluding carboxylic acids is 1. The molecule has 25 heavy (non-hydrogen) atoms. The van der Waals surface area contributed by atoms with Crippen LogP contribution in [0.4, 0.5) is 4.79 Å². The number of sulfone groups is 1. The topological polar surface area (TPSA) is 119 Å². The molecule has 12 heteroatoms. The Kier molecular flexibility index (Phi) is 6.21. The predicted molar refractivity (Wildman–Crippen MR) is 93.2 cm³/mol. The average molecular weight is 431 g/mol. The van der Waals surface area contributed by atoms with E-state index in [9.17, 15) is 21.6 Å². The van der Waals surface area contributed by atoms with E-state index < -0.39 is 43.8 Å². The van der Waals surface area contributed by atoms with Crippen molar-refractivity contribution in [1.82, 2.24) is 10.0 Å². The van der Waals surface area contributed by atoms with Gasteiger partial charge in [0.05, 0.1) is 45.1 Å². The fourth-order valence-corrected chi connectivity index (χ4v) is 5.97. The SMILES string of the molecule is CCOC(=O)N[C@H]1CS(=O)(=O)C[C@H]1NS(=O)(=O)c1ccc(Cl)c(Cl)c1. The van der Waals surface area contributed by atoms with Gasteiger partial charge in [-0.25, -0.2) is 26.4 Å². The molecule has 2 atom stereocenters. The highest BCUT2D eigenvalue weighted by Crippen LogP contribution is 2.25. The smallest absolute Gasteiger partial charge is 0.407 e. The van der Waals surface area contributed by atoms with E-state index >= 15 is 0 Å². The first kappa shape index (κ1) is 20.2. The lowest BCUT2D eigenvalue weighted by atomic mass is 10.2. The molecule has 0 spiro atoms. The first-order valence-corrected chi connectivity index (χ1v) is 11.2. The van der Waals surface area contributed by atoms with Crippen LogP contribution < -0.4 is 10.0 Å². The van der Waals surface area contributed by atoms with Gasteiger partial charge in [0.15, 0.2) is 9.84 Å². The van der Waals surface area contributed by atoms with E-state index in [4.69, 9.17) is 27.9 Å². The zero-order chi connectivity index (χ0) is 18.8. The van der Waals surface area contributed by atoms with Crippen LogP contribution in [-0.2, 0) is 24.6 Å². The number of rotatable bonds is 5. The van der Waals surface area contributed by atoms with Crippen LogP contribution in [0.3, 0.4) is 0 Å². The van der Waals surface area contributed by atoms with E-state index in [-0.39, 0.29) is 27.3 Å². The van der Waals surface area contributed by atoms with Crippen LogP contribution in [0, 0.1) is 0 Å². The van der Waals surface area contributed by atoms with Crippen molar-refractivity contribution < 1.29 is 26.4 Å². The Hall–Kier alpha value is -1.07. The van der Waals surface area contributed by atoms with Crippen molar-refractivity contribution in [3.05, 3.63) is 28.2 Å². The lowest BCUT2D eigenvalue weighted by Crippen LogP contribution is -2.50. The summed E-state index contributed by atoms with van der Waals surface area (Å²) in [6.45, 7) is 1.69. The number of ether oxygens (including phenoxy) is 1. The van der Waals surface area contributed by atoms with E-state index in [0.717, 1.165) is 6.07 Å². The van der Waals surface area contributed by atoms with E-state index in [1.807, 2.05) is 0 Å². The molecule has 2 rings (SSSR count). The normalized spacial score (nSPS) is 22.5. The molecule has 0 radical (unpaired) electrons. The standard InChI is InChI=1S/C13H16Cl2N2O6S2/c1-2-23-13(18)16-11-6-24(19,20)7-12(11)17-25(21,22)8-3-4-9(14)10(15)5-8/h3-5,11-12,17H,2,6-7H2,1H3,(H,16,18)/t11-,12+/m0/s1. The summed E-state index contributed by atoms with van der Waals surface area (Å²) in [5.74, 6) is -0.828. The lowest BCUT2D eigenvalue weighted by molar-refractivity contribution is 0.148. The molecule has 2 N–H and O–H groups in total. The van der Waals surface area contributed by atoms with Gasteiger partial charge in [-0.15, -0.1) is 0 Å². The molecule has 1 aliphatic heterocycles. The highest BCUT2D eigenvalue weighted by atomic mass is 35.5. The molecule has 0 bridgehead atoms. The maximum Gasteiger partial charge on any atom is 0.407 e. The van der Waals surface area contributed by atoms with Crippen molar-refractivity contribution in [2.24, 2.45) is 0 Å². The fourth-order valence-electron chi connectivity index (χ4n) is 2.34. The molecule has 1 heterocycles. The quantitative estimate of drug-likeness (QED) is 0.723. The summed E-state index contributed by atoms with van der Waals surface area (Å²) in [7, 11) is -7.58. The molecular formula is C13H16Cl2N2O6S2. The second kappa shape index (κ2) is 7.67. The van der Waals surface area contributed by atoms with Gasteiger partial charge >= 0.3 is 6.09 Å². The summed E-state index contributed by atoms with van der Waals surface area (Å²) in [6, 6.07) is 1.74. The Morgan fingerprint density at radius 3 is 2.48 bits per heavy atom. The van der Waals surface area contributed by atoms with Crippen LogP contribution in [-0.4, -0.2) is 53.1 Å². The molecule has 0 aromatic heterocycles. The molecule has 1 saturated heterocycles. The van der Waals surface area contributed by atoms with Crippen LogP contribution in [0.2, 0.25) is 10.0 Å². The van der Waals surface area contributed by atoms with Crippen molar-refractivity contribution >= 4 is 49.2 Å². The van der Waals surface area contributed by atoms with Crippen LogP contribution in [0.5, 0.6) is 0 Å².